The Kier molecular flexibility index (Phi) is 8.02. The number of nitrogens with zero attached hydrogens (tertiary/aromatic N) is 3. The minimum Gasteiger partial charge on any atom is -0.208 e. The SMILES string of the molecule is CC1(C)c2ccccc2-c2ccc(-c3ccc(-c4ccc(-c5nc(-c6ccccc6-c6ccccc6)nc(-c6cccc7c6sc6ccccc67)n5)cc4)cc3)cc21. The van der Waals surface area contributed by atoms with Crippen LogP contribution in [0.4, 0.5) is 0 Å². The fraction of sp³-hybridized carbons (Fsp3) is 0.0556. The second-order valence-electron chi connectivity index (χ2n) is 15.6. The summed E-state index contributed by atoms with van der Waals surface area (Å²) >= 11 is 1.79. The molecule has 3 nitrogen and oxygen atoms in total. The molecule has 0 fully saturated rings. The van der Waals surface area contributed by atoms with Crippen molar-refractivity contribution in [3.05, 3.63) is 199 Å². The third-order valence-electron chi connectivity index (χ3n) is 11.8. The maximum Gasteiger partial charge on any atom is 0.165 e. The third kappa shape index (κ3) is 5.68. The Bertz CT molecular complexity index is 3180. The first-order valence-corrected chi connectivity index (χ1v) is 20.6. The Labute approximate surface area is 342 Å². The first-order chi connectivity index (χ1) is 28.5. The van der Waals surface area contributed by atoms with Crippen LogP contribution < -0.4 is 0 Å². The largest absolute Gasteiger partial charge is 0.208 e. The fourth-order valence-electron chi connectivity index (χ4n) is 8.77. The average Bonchev–Trinajstić information content (AvgIpc) is 3.78. The van der Waals surface area contributed by atoms with Crippen molar-refractivity contribution in [2.45, 2.75) is 19.3 Å². The molecule has 11 rings (SSSR count). The van der Waals surface area contributed by atoms with E-state index in [1.165, 1.54) is 53.6 Å². The molecule has 0 unspecified atom stereocenters. The molecule has 0 N–H and O–H groups in total. The molecule has 0 atom stereocenters. The molecule has 274 valence electrons. The monoisotopic (exact) mass is 759 g/mol. The van der Waals surface area contributed by atoms with E-state index in [4.69, 9.17) is 15.0 Å². The lowest BCUT2D eigenvalue weighted by Gasteiger charge is -2.22. The van der Waals surface area contributed by atoms with Crippen molar-refractivity contribution in [2.24, 2.45) is 0 Å². The Balaban J connectivity index is 0.968. The molecule has 0 radical (unpaired) electrons. The lowest BCUT2D eigenvalue weighted by atomic mass is 9.81. The maximum atomic E-state index is 5.23. The Hall–Kier alpha value is -7.01. The van der Waals surface area contributed by atoms with Crippen LogP contribution in [0, 0.1) is 0 Å². The average molecular weight is 760 g/mol. The zero-order chi connectivity index (χ0) is 38.8. The summed E-state index contributed by atoms with van der Waals surface area (Å²) in [5.74, 6) is 1.96. The second kappa shape index (κ2) is 13.6. The summed E-state index contributed by atoms with van der Waals surface area (Å²) in [5.41, 5.74) is 15.3. The molecule has 0 spiro atoms. The standard InChI is InChI=1S/C54H37N3S/c1-54(2)47-21-10-8-16-41(47)42-32-31-39(33-48(42)54)36-25-23-34(24-26-36)35-27-29-38(30-28-35)51-55-52(45-18-7-6-15-40(45)37-13-4-3-5-14-37)57-53(56-51)46-20-12-19-44-43-17-9-11-22-49(43)58-50(44)46/h3-33H,1-2H3. The van der Waals surface area contributed by atoms with Gasteiger partial charge < -0.3 is 0 Å². The van der Waals surface area contributed by atoms with Gasteiger partial charge in [0.05, 0.1) is 0 Å². The number of hydrogen-bond acceptors (Lipinski definition) is 4. The van der Waals surface area contributed by atoms with Gasteiger partial charge in [0.15, 0.2) is 17.5 Å². The topological polar surface area (TPSA) is 38.7 Å². The molecule has 10 aromatic rings. The van der Waals surface area contributed by atoms with Crippen LogP contribution in [-0.2, 0) is 5.41 Å². The van der Waals surface area contributed by atoms with Crippen molar-refractivity contribution in [2.75, 3.05) is 0 Å². The Morgan fingerprint density at radius 2 is 0.862 bits per heavy atom. The molecule has 2 heterocycles. The number of aromatic nitrogens is 3. The summed E-state index contributed by atoms with van der Waals surface area (Å²) < 4.78 is 2.43. The minimum atomic E-state index is -0.0269. The van der Waals surface area contributed by atoms with E-state index in [0.717, 1.165) is 38.9 Å². The van der Waals surface area contributed by atoms with Gasteiger partial charge in [-0.1, -0.05) is 184 Å². The maximum absolute atomic E-state index is 5.23. The minimum absolute atomic E-state index is 0.0269. The molecule has 0 saturated carbocycles. The molecular formula is C54H37N3S. The predicted molar refractivity (Wildman–Crippen MR) is 243 cm³/mol. The number of rotatable bonds is 6. The normalized spacial score (nSPS) is 12.8. The van der Waals surface area contributed by atoms with Crippen LogP contribution >= 0.6 is 11.3 Å². The van der Waals surface area contributed by atoms with Crippen molar-refractivity contribution in [3.63, 3.8) is 0 Å². The molecule has 58 heavy (non-hydrogen) atoms. The van der Waals surface area contributed by atoms with Crippen LogP contribution in [0.25, 0.3) is 98.8 Å². The fourth-order valence-corrected chi connectivity index (χ4v) is 9.98. The van der Waals surface area contributed by atoms with E-state index >= 15 is 0 Å². The van der Waals surface area contributed by atoms with Crippen molar-refractivity contribution in [1.82, 2.24) is 15.0 Å². The summed E-state index contributed by atoms with van der Waals surface area (Å²) in [6, 6.07) is 67.2. The van der Waals surface area contributed by atoms with Gasteiger partial charge in [0.2, 0.25) is 0 Å². The van der Waals surface area contributed by atoms with Crippen LogP contribution in [-0.4, -0.2) is 15.0 Å². The van der Waals surface area contributed by atoms with Gasteiger partial charge in [-0.25, -0.2) is 15.0 Å². The molecule has 0 aliphatic heterocycles. The van der Waals surface area contributed by atoms with Gasteiger partial charge in [-0.3, -0.25) is 0 Å². The van der Waals surface area contributed by atoms with Gasteiger partial charge in [-0.15, -0.1) is 11.3 Å². The van der Waals surface area contributed by atoms with Gasteiger partial charge >= 0.3 is 0 Å². The summed E-state index contributed by atoms with van der Waals surface area (Å²) in [4.78, 5) is 15.6. The number of hydrogen-bond donors (Lipinski definition) is 0. The lowest BCUT2D eigenvalue weighted by molar-refractivity contribution is 0.660. The highest BCUT2D eigenvalue weighted by Gasteiger charge is 2.35. The molecule has 0 saturated heterocycles. The first kappa shape index (κ1) is 34.3. The van der Waals surface area contributed by atoms with Crippen LogP contribution in [0.3, 0.4) is 0 Å². The summed E-state index contributed by atoms with van der Waals surface area (Å²) in [5, 5.41) is 2.46. The van der Waals surface area contributed by atoms with Gasteiger partial charge in [-0.2, -0.15) is 0 Å². The number of thiophene rings is 1. The molecule has 8 aromatic carbocycles. The molecule has 0 amide bonds. The smallest absolute Gasteiger partial charge is 0.165 e. The molecule has 0 bridgehead atoms. The van der Waals surface area contributed by atoms with Crippen molar-refractivity contribution < 1.29 is 0 Å². The van der Waals surface area contributed by atoms with Crippen LogP contribution in [0.15, 0.2) is 188 Å². The van der Waals surface area contributed by atoms with Crippen LogP contribution in [0.5, 0.6) is 0 Å². The van der Waals surface area contributed by atoms with E-state index in [-0.39, 0.29) is 5.41 Å². The van der Waals surface area contributed by atoms with Crippen molar-refractivity contribution in [3.8, 4) is 78.7 Å². The molecule has 2 aromatic heterocycles. The third-order valence-corrected chi connectivity index (χ3v) is 13.0. The highest BCUT2D eigenvalue weighted by molar-refractivity contribution is 7.26. The zero-order valence-electron chi connectivity index (χ0n) is 32.1. The zero-order valence-corrected chi connectivity index (χ0v) is 33.0. The quantitative estimate of drug-likeness (QED) is 0.169. The van der Waals surface area contributed by atoms with E-state index in [1.54, 1.807) is 11.3 Å². The van der Waals surface area contributed by atoms with E-state index < -0.39 is 0 Å². The summed E-state index contributed by atoms with van der Waals surface area (Å²) in [6.07, 6.45) is 0. The van der Waals surface area contributed by atoms with Crippen LogP contribution in [0.1, 0.15) is 25.0 Å². The Morgan fingerprint density at radius 3 is 1.62 bits per heavy atom. The highest BCUT2D eigenvalue weighted by atomic mass is 32.1. The molecular weight excluding hydrogens is 723 g/mol. The van der Waals surface area contributed by atoms with Gasteiger partial charge in [-0.05, 0) is 73.8 Å². The van der Waals surface area contributed by atoms with E-state index in [0.29, 0.717) is 17.5 Å². The van der Waals surface area contributed by atoms with Gasteiger partial charge in [0, 0.05) is 42.3 Å². The molecule has 1 aliphatic rings. The van der Waals surface area contributed by atoms with E-state index in [2.05, 4.69) is 196 Å². The van der Waals surface area contributed by atoms with E-state index in [9.17, 15) is 0 Å². The van der Waals surface area contributed by atoms with E-state index in [1.807, 2.05) is 6.07 Å². The second-order valence-corrected chi connectivity index (χ2v) is 16.6. The Morgan fingerprint density at radius 1 is 0.345 bits per heavy atom. The summed E-state index contributed by atoms with van der Waals surface area (Å²) in [7, 11) is 0. The predicted octanol–water partition coefficient (Wildman–Crippen LogP) is 14.5. The van der Waals surface area contributed by atoms with Crippen LogP contribution in [0.2, 0.25) is 0 Å². The number of fused-ring (bicyclic) bond motifs is 6. The van der Waals surface area contributed by atoms with Gasteiger partial charge in [0.25, 0.3) is 0 Å². The summed E-state index contributed by atoms with van der Waals surface area (Å²) in [6.45, 7) is 4.67. The van der Waals surface area contributed by atoms with Crippen molar-refractivity contribution >= 4 is 31.5 Å². The van der Waals surface area contributed by atoms with Crippen molar-refractivity contribution in [1.29, 1.82) is 0 Å². The highest BCUT2D eigenvalue weighted by Crippen LogP contribution is 2.49. The number of benzene rings is 8. The van der Waals surface area contributed by atoms with Gasteiger partial charge in [0.1, 0.15) is 0 Å². The molecule has 1 aliphatic carbocycles. The molecule has 4 heteroatoms. The first-order valence-electron chi connectivity index (χ1n) is 19.8. The lowest BCUT2D eigenvalue weighted by Crippen LogP contribution is -2.14.